The molecule has 0 fully saturated rings. The number of nitrogens with one attached hydrogen (secondary N) is 1. The lowest BCUT2D eigenvalue weighted by molar-refractivity contribution is -0.118. The van der Waals surface area contributed by atoms with Gasteiger partial charge in [-0.3, -0.25) is 9.59 Å². The van der Waals surface area contributed by atoms with Crippen molar-refractivity contribution in [2.45, 2.75) is 6.92 Å². The summed E-state index contributed by atoms with van der Waals surface area (Å²) in [6, 6.07) is 29.8. The zero-order valence-electron chi connectivity index (χ0n) is 22.0. The number of halogens is 2. The molecule has 0 radical (unpaired) electrons. The lowest BCUT2D eigenvalue weighted by Gasteiger charge is -2.15. The molecule has 0 saturated carbocycles. The molecule has 41 heavy (non-hydrogen) atoms. The van der Waals surface area contributed by atoms with Gasteiger partial charge >= 0.3 is 0 Å². The average Bonchev–Trinajstić information content (AvgIpc) is 3.29. The van der Waals surface area contributed by atoms with Gasteiger partial charge in [-0.1, -0.05) is 70.5 Å². The van der Waals surface area contributed by atoms with Crippen LogP contribution in [0.4, 0.5) is 11.4 Å². The summed E-state index contributed by atoms with van der Waals surface area (Å²) in [6.07, 6.45) is 1.78. The summed E-state index contributed by atoms with van der Waals surface area (Å²) in [5.74, 6) is 0.273. The molecule has 1 heterocycles. The fraction of sp³-hybridized carbons (Fsp3) is 0.0938. The van der Waals surface area contributed by atoms with Crippen molar-refractivity contribution < 1.29 is 19.1 Å². The Balaban J connectivity index is 1.46. The molecular weight excluding hydrogens is 650 g/mol. The number of hydrogen-bond donors (Lipinski definition) is 1. The Morgan fingerprint density at radius 2 is 1.66 bits per heavy atom. The second kappa shape index (κ2) is 13.0. The molecule has 5 rings (SSSR count). The molecule has 7 nitrogen and oxygen atoms in total. The Hall–Kier alpha value is -4.21. The van der Waals surface area contributed by atoms with Crippen molar-refractivity contribution in [2.24, 2.45) is 5.10 Å². The van der Waals surface area contributed by atoms with E-state index in [0.717, 1.165) is 10.0 Å². The number of amides is 2. The van der Waals surface area contributed by atoms with Crippen molar-refractivity contribution >= 4 is 66.8 Å². The molecular formula is C32H25Br2N3O4. The summed E-state index contributed by atoms with van der Waals surface area (Å²) >= 11 is 7.05. The number of hydrazone groups is 1. The van der Waals surface area contributed by atoms with Gasteiger partial charge in [-0.25, -0.2) is 0 Å². The maximum Gasteiger partial charge on any atom is 0.281 e. The first-order chi connectivity index (χ1) is 19.9. The minimum atomic E-state index is -0.301. The van der Waals surface area contributed by atoms with E-state index in [-0.39, 0.29) is 18.4 Å². The molecule has 0 aliphatic carbocycles. The molecule has 206 valence electrons. The quantitative estimate of drug-likeness (QED) is 0.187. The van der Waals surface area contributed by atoms with Crippen LogP contribution in [0.2, 0.25) is 0 Å². The summed E-state index contributed by atoms with van der Waals surface area (Å²) in [6.45, 7) is 2.03. The molecule has 1 aliphatic rings. The normalized spacial score (nSPS) is 13.7. The Bertz CT molecular complexity index is 1640. The van der Waals surface area contributed by atoms with Gasteiger partial charge in [-0.05, 0) is 77.0 Å². The van der Waals surface area contributed by atoms with Crippen LogP contribution in [-0.2, 0) is 9.59 Å². The molecule has 9 heteroatoms. The highest BCUT2D eigenvalue weighted by Gasteiger charge is 2.32. The first kappa shape index (κ1) is 28.3. The lowest BCUT2D eigenvalue weighted by atomic mass is 10.00. The number of hydrogen-bond acceptors (Lipinski definition) is 5. The first-order valence-electron chi connectivity index (χ1n) is 12.8. The number of carbonyl (C=O) groups excluding carboxylic acids is 2. The smallest absolute Gasteiger partial charge is 0.281 e. The Kier molecular flexibility index (Phi) is 8.96. The van der Waals surface area contributed by atoms with E-state index in [0.29, 0.717) is 50.8 Å². The predicted octanol–water partition coefficient (Wildman–Crippen LogP) is 7.46. The first-order valence-corrected chi connectivity index (χ1v) is 14.4. The van der Waals surface area contributed by atoms with E-state index < -0.39 is 0 Å². The van der Waals surface area contributed by atoms with Gasteiger partial charge in [0.15, 0.2) is 18.1 Å². The van der Waals surface area contributed by atoms with E-state index >= 15 is 0 Å². The van der Waals surface area contributed by atoms with Crippen LogP contribution in [0, 0.1) is 0 Å². The fourth-order valence-corrected chi connectivity index (χ4v) is 5.20. The minimum absolute atomic E-state index is 0.209. The van der Waals surface area contributed by atoms with Crippen molar-refractivity contribution in [1.82, 2.24) is 0 Å². The molecule has 0 atom stereocenters. The Labute approximate surface area is 254 Å². The van der Waals surface area contributed by atoms with E-state index in [1.165, 1.54) is 5.01 Å². The van der Waals surface area contributed by atoms with Crippen LogP contribution < -0.4 is 19.8 Å². The number of ether oxygens (including phenoxy) is 2. The number of nitrogens with zero attached hydrogens (tertiary/aromatic N) is 2. The summed E-state index contributed by atoms with van der Waals surface area (Å²) in [5, 5.41) is 8.91. The molecule has 0 bridgehead atoms. The third-order valence-electron chi connectivity index (χ3n) is 6.03. The number of carbonyl (C=O) groups is 2. The monoisotopic (exact) mass is 673 g/mol. The van der Waals surface area contributed by atoms with Crippen LogP contribution in [-0.4, -0.2) is 30.7 Å². The van der Waals surface area contributed by atoms with Crippen molar-refractivity contribution in [2.75, 3.05) is 23.5 Å². The standard InChI is InChI=1S/C32H25Br2N3O4/c1-2-40-28-18-21(17-27(34)31(28)41-20-29(38)35-24-13-7-4-8-14-24)16-26-30(22-10-5-3-6-11-22)36-37(32(26)39)25-15-9-12-23(33)19-25/h3-19H,2,20H2,1H3,(H,35,38). The van der Waals surface area contributed by atoms with Gasteiger partial charge in [0.1, 0.15) is 5.71 Å². The number of rotatable bonds is 9. The van der Waals surface area contributed by atoms with Crippen molar-refractivity contribution in [1.29, 1.82) is 0 Å². The summed E-state index contributed by atoms with van der Waals surface area (Å²) < 4.78 is 13.2. The lowest BCUT2D eigenvalue weighted by Crippen LogP contribution is -2.21. The highest BCUT2D eigenvalue weighted by Crippen LogP contribution is 2.38. The van der Waals surface area contributed by atoms with Crippen molar-refractivity contribution in [3.8, 4) is 11.5 Å². The zero-order chi connectivity index (χ0) is 28.8. The van der Waals surface area contributed by atoms with Gasteiger partial charge in [-0.15, -0.1) is 0 Å². The van der Waals surface area contributed by atoms with Crippen LogP contribution in [0.5, 0.6) is 11.5 Å². The van der Waals surface area contributed by atoms with Crippen LogP contribution in [0.25, 0.3) is 6.08 Å². The van der Waals surface area contributed by atoms with Gasteiger partial charge in [-0.2, -0.15) is 10.1 Å². The third-order valence-corrected chi connectivity index (χ3v) is 7.11. The van der Waals surface area contributed by atoms with E-state index in [1.807, 2.05) is 85.8 Å². The second-order valence-corrected chi connectivity index (χ2v) is 10.7. The molecule has 2 amide bonds. The van der Waals surface area contributed by atoms with Gasteiger partial charge < -0.3 is 14.8 Å². The average molecular weight is 675 g/mol. The molecule has 0 aromatic heterocycles. The van der Waals surface area contributed by atoms with E-state index in [1.54, 1.807) is 24.3 Å². The van der Waals surface area contributed by atoms with Crippen molar-refractivity contribution in [3.63, 3.8) is 0 Å². The maximum atomic E-state index is 13.7. The van der Waals surface area contributed by atoms with Crippen molar-refractivity contribution in [3.05, 3.63) is 123 Å². The third kappa shape index (κ3) is 6.75. The van der Waals surface area contributed by atoms with Crippen LogP contribution >= 0.6 is 31.9 Å². The SMILES string of the molecule is CCOc1cc(C=C2C(=O)N(c3cccc(Br)c3)N=C2c2ccccc2)cc(Br)c1OCC(=O)Nc1ccccc1. The molecule has 0 saturated heterocycles. The van der Waals surface area contributed by atoms with Crippen LogP contribution in [0.15, 0.2) is 117 Å². The zero-order valence-corrected chi connectivity index (χ0v) is 25.2. The molecule has 0 unspecified atom stereocenters. The topological polar surface area (TPSA) is 80.2 Å². The van der Waals surface area contributed by atoms with E-state index in [2.05, 4.69) is 37.2 Å². The van der Waals surface area contributed by atoms with Gasteiger partial charge in [0, 0.05) is 15.7 Å². The molecule has 1 N–H and O–H groups in total. The van der Waals surface area contributed by atoms with Gasteiger partial charge in [0.2, 0.25) is 0 Å². The molecule has 4 aromatic rings. The summed E-state index contributed by atoms with van der Waals surface area (Å²) in [5.41, 5.74) is 3.84. The molecule has 1 aliphatic heterocycles. The van der Waals surface area contributed by atoms with Gasteiger partial charge in [0.05, 0.1) is 22.3 Å². The Morgan fingerprint density at radius 3 is 2.37 bits per heavy atom. The van der Waals surface area contributed by atoms with Gasteiger partial charge in [0.25, 0.3) is 11.8 Å². The predicted molar refractivity (Wildman–Crippen MR) is 168 cm³/mol. The largest absolute Gasteiger partial charge is 0.490 e. The highest BCUT2D eigenvalue weighted by atomic mass is 79.9. The number of benzene rings is 4. The fourth-order valence-electron chi connectivity index (χ4n) is 4.23. The highest BCUT2D eigenvalue weighted by molar-refractivity contribution is 9.10. The molecule has 0 spiro atoms. The van der Waals surface area contributed by atoms with Crippen LogP contribution in [0.1, 0.15) is 18.1 Å². The second-order valence-electron chi connectivity index (χ2n) is 8.94. The maximum absolute atomic E-state index is 13.7. The number of anilines is 2. The Morgan fingerprint density at radius 1 is 0.927 bits per heavy atom. The summed E-state index contributed by atoms with van der Waals surface area (Å²) in [4.78, 5) is 26.2. The van der Waals surface area contributed by atoms with E-state index in [4.69, 9.17) is 14.6 Å². The number of para-hydroxylation sites is 1. The molecule has 4 aromatic carbocycles. The summed E-state index contributed by atoms with van der Waals surface area (Å²) in [7, 11) is 0. The van der Waals surface area contributed by atoms with E-state index in [9.17, 15) is 9.59 Å². The van der Waals surface area contributed by atoms with Crippen LogP contribution in [0.3, 0.4) is 0 Å². The minimum Gasteiger partial charge on any atom is -0.490 e.